The molecule has 0 spiro atoms. The minimum Gasteiger partial charge on any atom is -0.465 e. The number of aryl methyl sites for hydroxylation is 1. The molecule has 1 rings (SSSR count). The van der Waals surface area contributed by atoms with Crippen LogP contribution in [0.4, 0.5) is 0 Å². The maximum Gasteiger partial charge on any atom is 0.320 e. The maximum absolute atomic E-state index is 11.9. The third-order valence-electron chi connectivity index (χ3n) is 3.20. The molecule has 0 amide bonds. The van der Waals surface area contributed by atoms with Crippen molar-refractivity contribution in [3.05, 3.63) is 35.4 Å². The number of ether oxygens (including phenoxy) is 3. The number of benzene rings is 1. The zero-order valence-corrected chi connectivity index (χ0v) is 13.5. The highest BCUT2D eigenvalue weighted by Gasteiger charge is 2.29. The predicted octanol–water partition coefficient (Wildman–Crippen LogP) is 2.51. The largest absolute Gasteiger partial charge is 0.465 e. The van der Waals surface area contributed by atoms with Gasteiger partial charge in [-0.05, 0) is 37.8 Å². The van der Waals surface area contributed by atoms with Crippen molar-refractivity contribution < 1.29 is 23.8 Å². The van der Waals surface area contributed by atoms with Gasteiger partial charge in [-0.3, -0.25) is 9.59 Å². The van der Waals surface area contributed by atoms with Crippen molar-refractivity contribution in [3.8, 4) is 0 Å². The summed E-state index contributed by atoms with van der Waals surface area (Å²) in [5.74, 6) is -1.90. The van der Waals surface area contributed by atoms with E-state index in [2.05, 4.69) is 0 Å². The lowest BCUT2D eigenvalue weighted by Gasteiger charge is -2.14. The summed E-state index contributed by atoms with van der Waals surface area (Å²) in [7, 11) is 1.65. The topological polar surface area (TPSA) is 61.8 Å². The van der Waals surface area contributed by atoms with Crippen LogP contribution in [0.25, 0.3) is 0 Å². The molecule has 0 aliphatic heterocycles. The van der Waals surface area contributed by atoms with Crippen LogP contribution < -0.4 is 0 Å². The van der Waals surface area contributed by atoms with Crippen molar-refractivity contribution in [2.75, 3.05) is 20.3 Å². The van der Waals surface area contributed by atoms with Gasteiger partial charge in [-0.2, -0.15) is 0 Å². The van der Waals surface area contributed by atoms with E-state index in [4.69, 9.17) is 14.2 Å². The Morgan fingerprint density at radius 1 is 0.955 bits per heavy atom. The fraction of sp³-hybridized carbons (Fsp3) is 0.529. The molecule has 0 radical (unpaired) electrons. The molecule has 5 nitrogen and oxygen atoms in total. The highest BCUT2D eigenvalue weighted by molar-refractivity contribution is 5.94. The van der Waals surface area contributed by atoms with Gasteiger partial charge in [-0.25, -0.2) is 0 Å². The van der Waals surface area contributed by atoms with Crippen molar-refractivity contribution >= 4 is 11.9 Å². The van der Waals surface area contributed by atoms with Crippen LogP contribution >= 0.6 is 0 Å². The molecule has 0 heterocycles. The Hall–Kier alpha value is -1.88. The van der Waals surface area contributed by atoms with Crippen molar-refractivity contribution in [1.82, 2.24) is 0 Å². The summed E-state index contributed by atoms with van der Waals surface area (Å²) >= 11 is 0. The van der Waals surface area contributed by atoms with Crippen LogP contribution in [0, 0.1) is 5.92 Å². The average Bonchev–Trinajstić information content (AvgIpc) is 2.50. The Morgan fingerprint density at radius 3 is 1.91 bits per heavy atom. The summed E-state index contributed by atoms with van der Waals surface area (Å²) in [5, 5.41) is 0. The van der Waals surface area contributed by atoms with E-state index in [-0.39, 0.29) is 13.2 Å². The van der Waals surface area contributed by atoms with E-state index in [1.807, 2.05) is 24.3 Å². The molecule has 1 aromatic rings. The van der Waals surface area contributed by atoms with Gasteiger partial charge in [0.25, 0.3) is 0 Å². The molecule has 122 valence electrons. The molecular weight excluding hydrogens is 284 g/mol. The quantitative estimate of drug-likeness (QED) is 0.518. The molecule has 0 unspecified atom stereocenters. The SMILES string of the molecule is CCOC(=O)C(CCc1ccc(COC)cc1)C(=O)OCC. The second kappa shape index (κ2) is 9.95. The number of rotatable bonds is 9. The zero-order valence-electron chi connectivity index (χ0n) is 13.5. The van der Waals surface area contributed by atoms with E-state index in [1.165, 1.54) is 0 Å². The van der Waals surface area contributed by atoms with Crippen molar-refractivity contribution in [1.29, 1.82) is 0 Å². The van der Waals surface area contributed by atoms with Crippen LogP contribution in [0.2, 0.25) is 0 Å². The lowest BCUT2D eigenvalue weighted by atomic mass is 9.99. The molecule has 22 heavy (non-hydrogen) atoms. The predicted molar refractivity (Wildman–Crippen MR) is 82.2 cm³/mol. The molecule has 0 bridgehead atoms. The molecule has 0 saturated carbocycles. The van der Waals surface area contributed by atoms with Crippen LogP contribution in [0.3, 0.4) is 0 Å². The summed E-state index contributed by atoms with van der Waals surface area (Å²) in [5.41, 5.74) is 2.14. The Bertz CT molecular complexity index is 448. The standard InChI is InChI=1S/C17H24O5/c1-4-21-16(18)15(17(19)22-5-2)11-10-13-6-8-14(9-7-13)12-20-3/h6-9,15H,4-5,10-12H2,1-3H3. The summed E-state index contributed by atoms with van der Waals surface area (Å²) < 4.78 is 15.0. The van der Waals surface area contributed by atoms with E-state index in [0.717, 1.165) is 11.1 Å². The van der Waals surface area contributed by atoms with Crippen LogP contribution in [0.15, 0.2) is 24.3 Å². The number of methoxy groups -OCH3 is 1. The number of hydrogen-bond donors (Lipinski definition) is 0. The third-order valence-corrected chi connectivity index (χ3v) is 3.20. The molecule has 0 saturated heterocycles. The lowest BCUT2D eigenvalue weighted by molar-refractivity contribution is -0.161. The van der Waals surface area contributed by atoms with Gasteiger partial charge in [-0.15, -0.1) is 0 Å². The lowest BCUT2D eigenvalue weighted by Crippen LogP contribution is -2.28. The van der Waals surface area contributed by atoms with Crippen LogP contribution in [0.1, 0.15) is 31.4 Å². The zero-order chi connectivity index (χ0) is 16.4. The fourth-order valence-corrected chi connectivity index (χ4v) is 2.10. The highest BCUT2D eigenvalue weighted by atomic mass is 16.6. The van der Waals surface area contributed by atoms with Gasteiger partial charge in [0.1, 0.15) is 0 Å². The minimum absolute atomic E-state index is 0.250. The monoisotopic (exact) mass is 308 g/mol. The van der Waals surface area contributed by atoms with Gasteiger partial charge >= 0.3 is 11.9 Å². The number of carbonyl (C=O) groups is 2. The van der Waals surface area contributed by atoms with Crippen molar-refractivity contribution in [2.45, 2.75) is 33.3 Å². The van der Waals surface area contributed by atoms with Gasteiger partial charge < -0.3 is 14.2 Å². The van der Waals surface area contributed by atoms with Gasteiger partial charge in [-0.1, -0.05) is 24.3 Å². The highest BCUT2D eigenvalue weighted by Crippen LogP contribution is 2.15. The second-order valence-corrected chi connectivity index (χ2v) is 4.84. The first-order valence-electron chi connectivity index (χ1n) is 7.52. The fourth-order valence-electron chi connectivity index (χ4n) is 2.10. The van der Waals surface area contributed by atoms with Gasteiger partial charge in [0, 0.05) is 7.11 Å². The normalized spacial score (nSPS) is 10.5. The average molecular weight is 308 g/mol. The van der Waals surface area contributed by atoms with Crippen molar-refractivity contribution in [3.63, 3.8) is 0 Å². The van der Waals surface area contributed by atoms with Gasteiger partial charge in [0.15, 0.2) is 5.92 Å². The first-order chi connectivity index (χ1) is 10.6. The van der Waals surface area contributed by atoms with Crippen LogP contribution in [0.5, 0.6) is 0 Å². The first-order valence-corrected chi connectivity index (χ1v) is 7.52. The van der Waals surface area contributed by atoms with Gasteiger partial charge in [0.05, 0.1) is 19.8 Å². The van der Waals surface area contributed by atoms with Gasteiger partial charge in [0.2, 0.25) is 0 Å². The Labute approximate surface area is 131 Å². The van der Waals surface area contributed by atoms with E-state index in [1.54, 1.807) is 21.0 Å². The molecular formula is C17H24O5. The number of carbonyl (C=O) groups excluding carboxylic acids is 2. The van der Waals surface area contributed by atoms with Crippen LogP contribution in [-0.2, 0) is 36.8 Å². The smallest absolute Gasteiger partial charge is 0.320 e. The minimum atomic E-state index is -0.862. The summed E-state index contributed by atoms with van der Waals surface area (Å²) in [4.78, 5) is 23.8. The van der Waals surface area contributed by atoms with E-state index in [9.17, 15) is 9.59 Å². The molecule has 0 fully saturated rings. The Balaban J connectivity index is 2.65. The Morgan fingerprint density at radius 2 is 1.45 bits per heavy atom. The third kappa shape index (κ3) is 5.85. The van der Waals surface area contributed by atoms with E-state index in [0.29, 0.717) is 19.4 Å². The molecule has 1 aromatic carbocycles. The molecule has 0 aliphatic rings. The summed E-state index contributed by atoms with van der Waals surface area (Å²) in [6.45, 7) is 4.50. The van der Waals surface area contributed by atoms with E-state index < -0.39 is 17.9 Å². The molecule has 0 aromatic heterocycles. The van der Waals surface area contributed by atoms with E-state index >= 15 is 0 Å². The molecule has 5 heteroatoms. The number of hydrogen-bond acceptors (Lipinski definition) is 5. The first kappa shape index (κ1) is 18.2. The molecule has 0 N–H and O–H groups in total. The Kier molecular flexibility index (Phi) is 8.22. The van der Waals surface area contributed by atoms with Crippen LogP contribution in [-0.4, -0.2) is 32.3 Å². The molecule has 0 atom stereocenters. The number of esters is 2. The molecule has 0 aliphatic carbocycles. The maximum atomic E-state index is 11.9. The van der Waals surface area contributed by atoms with Crippen molar-refractivity contribution in [2.24, 2.45) is 5.92 Å². The summed E-state index contributed by atoms with van der Waals surface area (Å²) in [6.07, 6.45) is 0.983. The summed E-state index contributed by atoms with van der Waals surface area (Å²) in [6, 6.07) is 7.90. The second-order valence-electron chi connectivity index (χ2n) is 4.84.